The molecule has 2 rings (SSSR count). The summed E-state index contributed by atoms with van der Waals surface area (Å²) in [6.45, 7) is 3.01. The quantitative estimate of drug-likeness (QED) is 0.859. The molecule has 0 aliphatic rings. The molecule has 0 spiro atoms. The van der Waals surface area contributed by atoms with Crippen molar-refractivity contribution in [3.8, 4) is 0 Å². The maximum atomic E-state index is 12.0. The number of esters is 1. The summed E-state index contributed by atoms with van der Waals surface area (Å²) in [7, 11) is 0. The van der Waals surface area contributed by atoms with Crippen LogP contribution in [0.1, 0.15) is 28.7 Å². The average Bonchev–Trinajstić information content (AvgIpc) is 2.93. The molecule has 0 amide bonds. The lowest BCUT2D eigenvalue weighted by atomic mass is 10.4. The van der Waals surface area contributed by atoms with Crippen LogP contribution in [0, 0.1) is 0 Å². The molecule has 0 bridgehead atoms. The Labute approximate surface area is 120 Å². The Bertz CT molecular complexity index is 577. The third kappa shape index (κ3) is 3.52. The number of hydrogen-bond acceptors (Lipinski definition) is 4. The second-order valence-electron chi connectivity index (χ2n) is 4.13. The second kappa shape index (κ2) is 6.12. The highest BCUT2D eigenvalue weighted by molar-refractivity contribution is 7.16. The predicted octanol–water partition coefficient (Wildman–Crippen LogP) is 3.55. The monoisotopic (exact) mass is 298 g/mol. The number of nitrogens with zero attached hydrogens (tertiary/aromatic N) is 1. The fraction of sp³-hybridized carbons (Fsp3) is 0.308. The smallest absolute Gasteiger partial charge is 0.355 e. The van der Waals surface area contributed by atoms with Gasteiger partial charge in [-0.15, -0.1) is 11.3 Å². The van der Waals surface area contributed by atoms with E-state index in [1.54, 1.807) is 18.3 Å². The van der Waals surface area contributed by atoms with E-state index in [-0.39, 0.29) is 12.6 Å². The molecule has 0 aromatic carbocycles. The van der Waals surface area contributed by atoms with Crippen LogP contribution in [-0.2, 0) is 17.9 Å². The van der Waals surface area contributed by atoms with E-state index in [2.05, 4.69) is 0 Å². The van der Waals surface area contributed by atoms with Crippen LogP contribution in [0.5, 0.6) is 0 Å². The molecule has 0 fully saturated rings. The molecule has 0 aliphatic heterocycles. The number of rotatable bonds is 5. The summed E-state index contributed by atoms with van der Waals surface area (Å²) in [5.41, 5.74) is 6.77. The number of nitrogens with two attached hydrogens (primary N) is 1. The molecule has 19 heavy (non-hydrogen) atoms. The van der Waals surface area contributed by atoms with Gasteiger partial charge in [-0.3, -0.25) is 0 Å². The van der Waals surface area contributed by atoms with E-state index in [0.29, 0.717) is 15.7 Å². The summed E-state index contributed by atoms with van der Waals surface area (Å²) >= 11 is 7.22. The van der Waals surface area contributed by atoms with Gasteiger partial charge in [-0.1, -0.05) is 18.5 Å². The Hall–Kier alpha value is -1.46. The van der Waals surface area contributed by atoms with Crippen molar-refractivity contribution in [1.82, 2.24) is 4.57 Å². The van der Waals surface area contributed by atoms with Crippen LogP contribution in [0.25, 0.3) is 0 Å². The maximum absolute atomic E-state index is 12.0. The van der Waals surface area contributed by atoms with E-state index in [9.17, 15) is 4.79 Å². The summed E-state index contributed by atoms with van der Waals surface area (Å²) in [4.78, 5) is 12.9. The summed E-state index contributed by atoms with van der Waals surface area (Å²) in [6.07, 6.45) is 2.68. The third-order valence-electron chi connectivity index (χ3n) is 2.57. The molecule has 0 aliphatic carbocycles. The minimum absolute atomic E-state index is 0.230. The first-order valence-corrected chi connectivity index (χ1v) is 7.16. The van der Waals surface area contributed by atoms with E-state index in [1.807, 2.05) is 17.6 Å². The Kier molecular flexibility index (Phi) is 4.50. The van der Waals surface area contributed by atoms with Gasteiger partial charge in [0.1, 0.15) is 12.3 Å². The van der Waals surface area contributed by atoms with Crippen LogP contribution < -0.4 is 5.73 Å². The van der Waals surface area contributed by atoms with Gasteiger partial charge >= 0.3 is 5.97 Å². The number of nitrogen functional groups attached to an aromatic ring is 1. The van der Waals surface area contributed by atoms with Gasteiger partial charge in [-0.25, -0.2) is 4.79 Å². The fourth-order valence-electron chi connectivity index (χ4n) is 1.77. The van der Waals surface area contributed by atoms with Crippen molar-refractivity contribution in [2.75, 3.05) is 5.73 Å². The average molecular weight is 299 g/mol. The van der Waals surface area contributed by atoms with Crippen LogP contribution in [0.15, 0.2) is 24.4 Å². The fourth-order valence-corrected chi connectivity index (χ4v) is 2.77. The van der Waals surface area contributed by atoms with E-state index in [4.69, 9.17) is 22.1 Å². The highest BCUT2D eigenvalue weighted by Crippen LogP contribution is 2.22. The first-order valence-electron chi connectivity index (χ1n) is 5.97. The van der Waals surface area contributed by atoms with Gasteiger partial charge in [0.2, 0.25) is 0 Å². The first-order chi connectivity index (χ1) is 9.10. The topological polar surface area (TPSA) is 57.2 Å². The number of ether oxygens (including phenoxy) is 1. The van der Waals surface area contributed by atoms with E-state index >= 15 is 0 Å². The molecule has 4 nitrogen and oxygen atoms in total. The van der Waals surface area contributed by atoms with Gasteiger partial charge in [-0.05, 0) is 24.6 Å². The minimum atomic E-state index is -0.366. The molecule has 0 unspecified atom stereocenters. The summed E-state index contributed by atoms with van der Waals surface area (Å²) in [6, 6.07) is 5.27. The molecule has 0 saturated heterocycles. The summed E-state index contributed by atoms with van der Waals surface area (Å²) < 4.78 is 7.77. The molecular formula is C13H15ClN2O2S. The number of thiophene rings is 1. The highest BCUT2D eigenvalue weighted by atomic mass is 35.5. The number of hydrogen-bond donors (Lipinski definition) is 1. The number of aromatic nitrogens is 1. The first kappa shape index (κ1) is 14.0. The van der Waals surface area contributed by atoms with Crippen molar-refractivity contribution < 1.29 is 9.53 Å². The van der Waals surface area contributed by atoms with Crippen LogP contribution in [-0.4, -0.2) is 10.5 Å². The molecule has 2 aromatic heterocycles. The van der Waals surface area contributed by atoms with E-state index in [0.717, 1.165) is 17.8 Å². The number of aryl methyl sites for hydroxylation is 1. The number of carbonyl (C=O) groups excluding carboxylic acids is 1. The van der Waals surface area contributed by atoms with Gasteiger partial charge in [-0.2, -0.15) is 0 Å². The summed E-state index contributed by atoms with van der Waals surface area (Å²) in [5.74, 6) is -0.366. The molecule has 2 aromatic rings. The SMILES string of the molecule is CCCn1cc(N)cc1C(=O)OCc1ccc(Cl)s1. The molecule has 6 heteroatoms. The van der Waals surface area contributed by atoms with Crippen LogP contribution in [0.4, 0.5) is 5.69 Å². The van der Waals surface area contributed by atoms with Crippen molar-refractivity contribution >= 4 is 34.6 Å². The van der Waals surface area contributed by atoms with E-state index in [1.165, 1.54) is 11.3 Å². The standard InChI is InChI=1S/C13H15ClN2O2S/c1-2-5-16-7-9(15)6-11(16)13(17)18-8-10-3-4-12(14)19-10/h3-4,6-7H,2,5,8,15H2,1H3. The van der Waals surface area contributed by atoms with Crippen molar-refractivity contribution in [3.05, 3.63) is 39.3 Å². The normalized spacial score (nSPS) is 10.6. The maximum Gasteiger partial charge on any atom is 0.355 e. The zero-order valence-electron chi connectivity index (χ0n) is 10.6. The van der Waals surface area contributed by atoms with Crippen LogP contribution in [0.3, 0.4) is 0 Å². The lowest BCUT2D eigenvalue weighted by molar-refractivity contribution is 0.0464. The Morgan fingerprint density at radius 1 is 1.53 bits per heavy atom. The van der Waals surface area contributed by atoms with Crippen LogP contribution in [0.2, 0.25) is 4.34 Å². The number of anilines is 1. The highest BCUT2D eigenvalue weighted by Gasteiger charge is 2.14. The number of halogens is 1. The number of carbonyl (C=O) groups is 1. The van der Waals surface area contributed by atoms with Gasteiger partial charge in [0.05, 0.1) is 10.0 Å². The predicted molar refractivity (Wildman–Crippen MR) is 77.6 cm³/mol. The van der Waals surface area contributed by atoms with Gasteiger partial charge in [0, 0.05) is 17.6 Å². The van der Waals surface area contributed by atoms with E-state index < -0.39 is 0 Å². The molecule has 0 saturated carbocycles. The third-order valence-corrected chi connectivity index (χ3v) is 3.77. The summed E-state index contributed by atoms with van der Waals surface area (Å²) in [5, 5.41) is 0. The zero-order valence-corrected chi connectivity index (χ0v) is 12.1. The largest absolute Gasteiger partial charge is 0.455 e. The minimum Gasteiger partial charge on any atom is -0.455 e. The van der Waals surface area contributed by atoms with Crippen LogP contribution >= 0.6 is 22.9 Å². The van der Waals surface area contributed by atoms with Crippen molar-refractivity contribution in [2.45, 2.75) is 26.5 Å². The molecule has 0 radical (unpaired) electrons. The Morgan fingerprint density at radius 2 is 2.32 bits per heavy atom. The van der Waals surface area contributed by atoms with Gasteiger partial charge < -0.3 is 15.0 Å². The van der Waals surface area contributed by atoms with Crippen molar-refractivity contribution in [1.29, 1.82) is 0 Å². The van der Waals surface area contributed by atoms with Gasteiger partial charge in [0.25, 0.3) is 0 Å². The Morgan fingerprint density at radius 3 is 2.95 bits per heavy atom. The zero-order chi connectivity index (χ0) is 13.8. The van der Waals surface area contributed by atoms with Crippen molar-refractivity contribution in [3.63, 3.8) is 0 Å². The Balaban J connectivity index is 2.03. The molecular weight excluding hydrogens is 284 g/mol. The lowest BCUT2D eigenvalue weighted by Crippen LogP contribution is -2.11. The lowest BCUT2D eigenvalue weighted by Gasteiger charge is -2.07. The molecule has 102 valence electrons. The van der Waals surface area contributed by atoms with Gasteiger partial charge in [0.15, 0.2) is 0 Å². The molecule has 2 heterocycles. The second-order valence-corrected chi connectivity index (χ2v) is 5.93. The van der Waals surface area contributed by atoms with Crippen molar-refractivity contribution in [2.24, 2.45) is 0 Å². The molecule has 0 atom stereocenters. The molecule has 2 N–H and O–H groups in total.